The van der Waals surface area contributed by atoms with Gasteiger partial charge in [0.05, 0.1) is 0 Å². The highest BCUT2D eigenvalue weighted by molar-refractivity contribution is 5.84. The lowest BCUT2D eigenvalue weighted by Crippen LogP contribution is -2.12. The molecule has 1 heteroatoms. The predicted molar refractivity (Wildman–Crippen MR) is 223 cm³/mol. The molecule has 51 heavy (non-hydrogen) atoms. The van der Waals surface area contributed by atoms with Gasteiger partial charge >= 0.3 is 0 Å². The molecule has 0 unspecified atom stereocenters. The van der Waals surface area contributed by atoms with Crippen LogP contribution in [0, 0.1) is 41.5 Å². The zero-order valence-electron chi connectivity index (χ0n) is 32.9. The summed E-state index contributed by atoms with van der Waals surface area (Å²) in [6.45, 7) is 27.1. The summed E-state index contributed by atoms with van der Waals surface area (Å²) in [5, 5.41) is 0. The van der Waals surface area contributed by atoms with E-state index in [0.717, 1.165) is 17.1 Å². The van der Waals surface area contributed by atoms with Gasteiger partial charge in [0.1, 0.15) is 0 Å². The summed E-state index contributed by atoms with van der Waals surface area (Å²) < 4.78 is 0. The number of benzene rings is 6. The lowest BCUT2D eigenvalue weighted by Gasteiger charge is -2.28. The Balaban J connectivity index is 1.46. The van der Waals surface area contributed by atoms with Crippen LogP contribution in [0.5, 0.6) is 0 Å². The van der Waals surface area contributed by atoms with Crippen LogP contribution in [-0.2, 0) is 10.8 Å². The molecule has 0 radical (unpaired) electrons. The van der Waals surface area contributed by atoms with E-state index >= 15 is 0 Å². The Hall–Kier alpha value is -4.88. The minimum atomic E-state index is 0.123. The van der Waals surface area contributed by atoms with Crippen LogP contribution in [0.2, 0.25) is 0 Å². The molecule has 0 saturated heterocycles. The Kier molecular flexibility index (Phi) is 9.64. The Morgan fingerprint density at radius 3 is 0.902 bits per heavy atom. The van der Waals surface area contributed by atoms with Crippen LogP contribution < -0.4 is 4.90 Å². The largest absolute Gasteiger partial charge is 0.310 e. The number of hydrogen-bond donors (Lipinski definition) is 0. The van der Waals surface area contributed by atoms with Gasteiger partial charge in [-0.15, -0.1) is 0 Å². The number of nitrogens with zero attached hydrogens (tertiary/aromatic N) is 1. The van der Waals surface area contributed by atoms with Crippen LogP contribution in [0.15, 0.2) is 115 Å². The number of anilines is 3. The third kappa shape index (κ3) is 7.31. The summed E-state index contributed by atoms with van der Waals surface area (Å²) >= 11 is 0. The molecule has 1 nitrogen and oxygen atoms in total. The molecule has 0 heterocycles. The SMILES string of the molecule is Cc1ccccc1-c1ccc(N(c2ccc(-c3ccc(C(C)(C)C)cc3C)c(C)c2)c2ccc(-c3ccc(C(C)(C)C)cc3C)c(C)c2)cc1C. The van der Waals surface area contributed by atoms with E-state index in [1.165, 1.54) is 77.9 Å². The van der Waals surface area contributed by atoms with Gasteiger partial charge in [-0.25, -0.2) is 0 Å². The maximum Gasteiger partial charge on any atom is 0.0464 e. The van der Waals surface area contributed by atoms with Gasteiger partial charge < -0.3 is 4.90 Å². The highest BCUT2D eigenvalue weighted by atomic mass is 15.1. The number of hydrogen-bond acceptors (Lipinski definition) is 1. The first-order valence-corrected chi connectivity index (χ1v) is 18.4. The average molecular weight is 670 g/mol. The maximum atomic E-state index is 2.42. The van der Waals surface area contributed by atoms with Crippen molar-refractivity contribution in [1.29, 1.82) is 0 Å². The monoisotopic (exact) mass is 669 g/mol. The third-order valence-corrected chi connectivity index (χ3v) is 10.6. The van der Waals surface area contributed by atoms with Crippen LogP contribution in [-0.4, -0.2) is 0 Å². The lowest BCUT2D eigenvalue weighted by molar-refractivity contribution is 0.589. The highest BCUT2D eigenvalue weighted by Crippen LogP contribution is 2.42. The van der Waals surface area contributed by atoms with Crippen LogP contribution in [0.3, 0.4) is 0 Å². The fourth-order valence-corrected chi connectivity index (χ4v) is 7.45. The van der Waals surface area contributed by atoms with Crippen molar-refractivity contribution in [3.8, 4) is 33.4 Å². The fourth-order valence-electron chi connectivity index (χ4n) is 7.45. The van der Waals surface area contributed by atoms with Gasteiger partial charge in [0.25, 0.3) is 0 Å². The van der Waals surface area contributed by atoms with Crippen molar-refractivity contribution in [2.45, 2.75) is 93.9 Å². The van der Waals surface area contributed by atoms with Gasteiger partial charge in [-0.05, 0) is 167 Å². The predicted octanol–water partition coefficient (Wildman–Crippen LogP) is 14.6. The molecule has 0 aliphatic carbocycles. The quantitative estimate of drug-likeness (QED) is 0.171. The summed E-state index contributed by atoms with van der Waals surface area (Å²) in [6.07, 6.45) is 0. The summed E-state index contributed by atoms with van der Waals surface area (Å²) in [5.41, 5.74) is 21.9. The first-order valence-electron chi connectivity index (χ1n) is 18.4. The van der Waals surface area contributed by atoms with Gasteiger partial charge in [-0.1, -0.05) is 120 Å². The standard InChI is InChI=1S/C50H55N/c1-32-15-13-14-16-43(32)46-24-19-40(29-35(46)4)51(41-20-25-47(36(5)30-41)44-22-17-38(27-33(44)2)49(7,8)9)42-21-26-48(37(6)31-42)45-23-18-39(28-34(45)3)50(10,11)12/h13-31H,1-12H3. The second-order valence-corrected chi connectivity index (χ2v) is 16.7. The summed E-state index contributed by atoms with van der Waals surface area (Å²) in [6, 6.07) is 43.4. The van der Waals surface area contributed by atoms with Gasteiger partial charge in [0.15, 0.2) is 0 Å². The van der Waals surface area contributed by atoms with Gasteiger partial charge in [0, 0.05) is 17.1 Å². The summed E-state index contributed by atoms with van der Waals surface area (Å²) in [7, 11) is 0. The third-order valence-electron chi connectivity index (χ3n) is 10.6. The van der Waals surface area contributed by atoms with E-state index in [0.29, 0.717) is 0 Å². The van der Waals surface area contributed by atoms with Crippen LogP contribution in [0.1, 0.15) is 86.1 Å². The normalized spacial score (nSPS) is 11.9. The second-order valence-electron chi connectivity index (χ2n) is 16.7. The molecule has 0 spiro atoms. The van der Waals surface area contributed by atoms with E-state index in [9.17, 15) is 0 Å². The highest BCUT2D eigenvalue weighted by Gasteiger charge is 2.20. The van der Waals surface area contributed by atoms with E-state index in [1.54, 1.807) is 0 Å². The first-order chi connectivity index (χ1) is 24.0. The van der Waals surface area contributed by atoms with Crippen molar-refractivity contribution in [3.05, 3.63) is 160 Å². The van der Waals surface area contributed by atoms with E-state index in [1.807, 2.05) is 0 Å². The van der Waals surface area contributed by atoms with E-state index in [4.69, 9.17) is 0 Å². The van der Waals surface area contributed by atoms with Crippen molar-refractivity contribution < 1.29 is 0 Å². The number of aryl methyl sites for hydroxylation is 6. The molecule has 0 aliphatic heterocycles. The Morgan fingerprint density at radius 1 is 0.314 bits per heavy atom. The molecular formula is C50H55N. The minimum Gasteiger partial charge on any atom is -0.310 e. The van der Waals surface area contributed by atoms with Crippen LogP contribution in [0.4, 0.5) is 17.1 Å². The Labute approximate surface area is 308 Å². The topological polar surface area (TPSA) is 3.24 Å². The molecule has 6 aromatic carbocycles. The molecule has 0 atom stereocenters. The second kappa shape index (κ2) is 13.7. The Morgan fingerprint density at radius 2 is 0.608 bits per heavy atom. The molecule has 0 amide bonds. The minimum absolute atomic E-state index is 0.123. The van der Waals surface area contributed by atoms with Crippen LogP contribution in [0.25, 0.3) is 33.4 Å². The van der Waals surface area contributed by atoms with Crippen molar-refractivity contribution in [1.82, 2.24) is 0 Å². The molecule has 0 aromatic heterocycles. The fraction of sp³-hybridized carbons (Fsp3) is 0.280. The molecule has 0 fully saturated rings. The van der Waals surface area contributed by atoms with Crippen molar-refractivity contribution in [3.63, 3.8) is 0 Å². The van der Waals surface area contributed by atoms with E-state index in [2.05, 4.69) is 203 Å². The molecule has 6 aromatic rings. The van der Waals surface area contributed by atoms with Crippen molar-refractivity contribution in [2.75, 3.05) is 4.90 Å². The van der Waals surface area contributed by atoms with Gasteiger partial charge in [0.2, 0.25) is 0 Å². The molecule has 260 valence electrons. The average Bonchev–Trinajstić information content (AvgIpc) is 3.05. The zero-order valence-corrected chi connectivity index (χ0v) is 32.9. The summed E-state index contributed by atoms with van der Waals surface area (Å²) in [5.74, 6) is 0. The molecule has 6 rings (SSSR count). The Bertz CT molecular complexity index is 2120. The van der Waals surface area contributed by atoms with Gasteiger partial charge in [-0.3, -0.25) is 0 Å². The first kappa shape index (κ1) is 35.9. The van der Waals surface area contributed by atoms with E-state index in [-0.39, 0.29) is 10.8 Å². The smallest absolute Gasteiger partial charge is 0.0464 e. The lowest BCUT2D eigenvalue weighted by atomic mass is 9.84. The molecular weight excluding hydrogens is 615 g/mol. The van der Waals surface area contributed by atoms with Crippen molar-refractivity contribution in [2.24, 2.45) is 0 Å². The van der Waals surface area contributed by atoms with Gasteiger partial charge in [-0.2, -0.15) is 0 Å². The van der Waals surface area contributed by atoms with E-state index < -0.39 is 0 Å². The molecule has 0 bridgehead atoms. The van der Waals surface area contributed by atoms with Crippen molar-refractivity contribution >= 4 is 17.1 Å². The molecule has 0 saturated carbocycles. The molecule has 0 N–H and O–H groups in total. The molecule has 0 aliphatic rings. The number of rotatable bonds is 6. The van der Waals surface area contributed by atoms with Crippen LogP contribution >= 0.6 is 0 Å². The maximum absolute atomic E-state index is 2.42. The zero-order chi connectivity index (χ0) is 36.8. The summed E-state index contributed by atoms with van der Waals surface area (Å²) in [4.78, 5) is 2.42.